The van der Waals surface area contributed by atoms with E-state index in [4.69, 9.17) is 8.92 Å². The second-order valence-corrected chi connectivity index (χ2v) is 10.3. The number of likely N-dealkylation sites (N-methyl/N-ethyl adjacent to an activating group) is 1. The highest BCUT2D eigenvalue weighted by Crippen LogP contribution is 2.37. The molecule has 0 radical (unpaired) electrons. The van der Waals surface area contributed by atoms with E-state index in [2.05, 4.69) is 0 Å². The third kappa shape index (κ3) is 8.01. The normalized spacial score (nSPS) is 13.8. The van der Waals surface area contributed by atoms with Crippen molar-refractivity contribution in [3.05, 3.63) is 59.2 Å². The molecule has 1 N–H and O–H groups in total. The Hall–Kier alpha value is -3.00. The van der Waals surface area contributed by atoms with Gasteiger partial charge in [0.25, 0.3) is 0 Å². The zero-order valence-corrected chi connectivity index (χ0v) is 20.3. The second-order valence-electron chi connectivity index (χ2n) is 8.72. The van der Waals surface area contributed by atoms with Gasteiger partial charge in [-0.05, 0) is 56.7 Å². The fourth-order valence-corrected chi connectivity index (χ4v) is 3.77. The lowest BCUT2D eigenvalue weighted by molar-refractivity contribution is -0.143. The van der Waals surface area contributed by atoms with Gasteiger partial charge in [-0.3, -0.25) is 0 Å². The summed E-state index contributed by atoms with van der Waals surface area (Å²) in [6.45, 7) is 4.78. The first-order valence-corrected chi connectivity index (χ1v) is 11.6. The molecule has 0 aliphatic carbocycles. The van der Waals surface area contributed by atoms with Crippen LogP contribution in [0.3, 0.4) is 0 Å². The topological polar surface area (TPSA) is 93.1 Å². The number of carbonyl (C=O) groups excluding carboxylic acids is 1. The molecule has 36 heavy (non-hydrogen) atoms. The van der Waals surface area contributed by atoms with Crippen LogP contribution in [-0.2, 0) is 27.2 Å². The molecule has 2 aromatic carbocycles. The summed E-state index contributed by atoms with van der Waals surface area (Å²) in [6, 6.07) is 4.38. The van der Waals surface area contributed by atoms with E-state index in [-0.39, 0.29) is 30.3 Å². The molecule has 0 fully saturated rings. The first-order chi connectivity index (χ1) is 16.2. The van der Waals surface area contributed by atoms with Crippen LogP contribution in [0.4, 0.5) is 31.1 Å². The van der Waals surface area contributed by atoms with Gasteiger partial charge in [0, 0.05) is 7.05 Å². The maximum atomic E-state index is 13.0. The molecule has 0 aromatic heterocycles. The largest absolute Gasteiger partial charge is 0.444 e. The van der Waals surface area contributed by atoms with Crippen molar-refractivity contribution >= 4 is 16.2 Å². The molecular formula is C22H23F6NO6S. The standard InChI is InChI=1S/C22H23F6NO6S/c1-20(2,3)34-19(31)29(4)12-18(30)13-5-7-16(8-6-13)35-36(32,33)17-10-14(21(23,24)25)9-15(11-17)22(26,27)28/h5-11,18,30H,12H2,1-4H3. The zero-order chi connectivity index (χ0) is 27.7. The van der Waals surface area contributed by atoms with Gasteiger partial charge in [-0.1, -0.05) is 12.1 Å². The Balaban J connectivity index is 2.23. The van der Waals surface area contributed by atoms with Gasteiger partial charge in [-0.25, -0.2) is 4.79 Å². The summed E-state index contributed by atoms with van der Waals surface area (Å²) < 4.78 is 113. The molecule has 7 nitrogen and oxygen atoms in total. The number of nitrogens with zero attached hydrogens (tertiary/aromatic N) is 1. The monoisotopic (exact) mass is 543 g/mol. The molecule has 1 unspecified atom stereocenters. The van der Waals surface area contributed by atoms with E-state index < -0.39 is 62.0 Å². The number of aliphatic hydroxyl groups excluding tert-OH is 1. The van der Waals surface area contributed by atoms with Gasteiger partial charge in [0.2, 0.25) is 0 Å². The van der Waals surface area contributed by atoms with Crippen LogP contribution in [0.2, 0.25) is 0 Å². The predicted octanol–water partition coefficient (Wildman–Crippen LogP) is 5.39. The molecule has 0 bridgehead atoms. The molecule has 1 amide bonds. The summed E-state index contributed by atoms with van der Waals surface area (Å²) in [6.07, 6.45) is -12.4. The van der Waals surface area contributed by atoms with E-state index in [9.17, 15) is 44.7 Å². The Bertz CT molecular complexity index is 1160. The molecule has 0 aliphatic heterocycles. The number of alkyl halides is 6. The minimum Gasteiger partial charge on any atom is -0.444 e. The van der Waals surface area contributed by atoms with Crippen molar-refractivity contribution in [3.8, 4) is 5.75 Å². The van der Waals surface area contributed by atoms with Crippen LogP contribution in [-0.4, -0.2) is 43.7 Å². The molecular weight excluding hydrogens is 520 g/mol. The Labute approximate surface area is 203 Å². The molecule has 2 rings (SSSR count). The first-order valence-electron chi connectivity index (χ1n) is 10.2. The molecule has 0 saturated carbocycles. The number of hydrogen-bond donors (Lipinski definition) is 1. The molecule has 2 aromatic rings. The van der Waals surface area contributed by atoms with Crippen LogP contribution in [0, 0.1) is 0 Å². The van der Waals surface area contributed by atoms with Crippen molar-refractivity contribution in [3.63, 3.8) is 0 Å². The zero-order valence-electron chi connectivity index (χ0n) is 19.4. The fraction of sp³-hybridized carbons (Fsp3) is 0.409. The number of aliphatic hydroxyl groups is 1. The van der Waals surface area contributed by atoms with Crippen LogP contribution in [0.15, 0.2) is 47.4 Å². The van der Waals surface area contributed by atoms with E-state index in [1.165, 1.54) is 19.2 Å². The van der Waals surface area contributed by atoms with Gasteiger partial charge < -0.3 is 18.9 Å². The maximum absolute atomic E-state index is 13.0. The molecule has 0 heterocycles. The van der Waals surface area contributed by atoms with Crippen molar-refractivity contribution in [1.82, 2.24) is 4.90 Å². The number of amides is 1. The van der Waals surface area contributed by atoms with Crippen molar-refractivity contribution in [2.75, 3.05) is 13.6 Å². The van der Waals surface area contributed by atoms with Crippen molar-refractivity contribution in [1.29, 1.82) is 0 Å². The lowest BCUT2D eigenvalue weighted by Crippen LogP contribution is -2.36. The molecule has 0 saturated heterocycles. The Kier molecular flexibility index (Phi) is 8.25. The van der Waals surface area contributed by atoms with Crippen LogP contribution < -0.4 is 4.18 Å². The first kappa shape index (κ1) is 29.2. The quantitative estimate of drug-likeness (QED) is 0.388. The van der Waals surface area contributed by atoms with Crippen molar-refractivity contribution in [2.45, 2.75) is 49.7 Å². The van der Waals surface area contributed by atoms with Crippen LogP contribution in [0.1, 0.15) is 43.6 Å². The van der Waals surface area contributed by atoms with Crippen molar-refractivity contribution < 1.29 is 53.6 Å². The number of hydrogen-bond acceptors (Lipinski definition) is 6. The summed E-state index contributed by atoms with van der Waals surface area (Å²) >= 11 is 0. The number of halogens is 6. The molecule has 14 heteroatoms. The van der Waals surface area contributed by atoms with Gasteiger partial charge in [-0.2, -0.15) is 34.8 Å². The maximum Gasteiger partial charge on any atom is 0.416 e. The van der Waals surface area contributed by atoms with Crippen LogP contribution in [0.5, 0.6) is 5.75 Å². The van der Waals surface area contributed by atoms with Crippen molar-refractivity contribution in [2.24, 2.45) is 0 Å². The van der Waals surface area contributed by atoms with Crippen LogP contribution >= 0.6 is 0 Å². The lowest BCUT2D eigenvalue weighted by atomic mass is 10.1. The van der Waals surface area contributed by atoms with E-state index in [1.807, 2.05) is 0 Å². The molecule has 0 aliphatic rings. The fourth-order valence-electron chi connectivity index (χ4n) is 2.77. The number of benzene rings is 2. The van der Waals surface area contributed by atoms with Gasteiger partial charge >= 0.3 is 28.6 Å². The average molecular weight is 543 g/mol. The third-order valence-electron chi connectivity index (χ3n) is 4.47. The van der Waals surface area contributed by atoms with Gasteiger partial charge in [0.15, 0.2) is 0 Å². The Morgan fingerprint density at radius 2 is 1.42 bits per heavy atom. The number of ether oxygens (including phenoxy) is 1. The highest BCUT2D eigenvalue weighted by molar-refractivity contribution is 7.87. The number of rotatable bonds is 6. The molecule has 0 spiro atoms. The van der Waals surface area contributed by atoms with E-state index in [1.54, 1.807) is 20.8 Å². The summed E-state index contributed by atoms with van der Waals surface area (Å²) in [4.78, 5) is 11.8. The lowest BCUT2D eigenvalue weighted by Gasteiger charge is -2.26. The predicted molar refractivity (Wildman–Crippen MR) is 115 cm³/mol. The molecule has 200 valence electrons. The minimum absolute atomic E-state index is 0.0369. The summed E-state index contributed by atoms with van der Waals surface area (Å²) in [7, 11) is -3.71. The molecule has 1 atom stereocenters. The van der Waals surface area contributed by atoms with Gasteiger partial charge in [0.1, 0.15) is 16.2 Å². The number of carbonyl (C=O) groups is 1. The van der Waals surface area contributed by atoms with Gasteiger partial charge in [0.05, 0.1) is 23.8 Å². The smallest absolute Gasteiger partial charge is 0.416 e. The second kappa shape index (κ2) is 10.2. The van der Waals surface area contributed by atoms with Crippen LogP contribution in [0.25, 0.3) is 0 Å². The summed E-state index contributed by atoms with van der Waals surface area (Å²) in [5.74, 6) is -0.433. The highest BCUT2D eigenvalue weighted by atomic mass is 32.2. The highest BCUT2D eigenvalue weighted by Gasteiger charge is 2.38. The SMILES string of the molecule is CN(CC(O)c1ccc(OS(=O)(=O)c2cc(C(F)(F)F)cc(C(F)(F)F)c2)cc1)C(=O)OC(C)(C)C. The van der Waals surface area contributed by atoms with Gasteiger partial charge in [-0.15, -0.1) is 0 Å². The minimum atomic E-state index is -5.24. The van der Waals surface area contributed by atoms with E-state index in [0.29, 0.717) is 0 Å². The van der Waals surface area contributed by atoms with E-state index in [0.717, 1.165) is 17.0 Å². The third-order valence-corrected chi connectivity index (χ3v) is 5.70. The summed E-state index contributed by atoms with van der Waals surface area (Å²) in [5, 5.41) is 10.3. The Morgan fingerprint density at radius 3 is 1.83 bits per heavy atom. The Morgan fingerprint density at radius 1 is 0.944 bits per heavy atom. The average Bonchev–Trinajstić information content (AvgIpc) is 2.71. The van der Waals surface area contributed by atoms with E-state index >= 15 is 0 Å². The summed E-state index contributed by atoms with van der Waals surface area (Å²) in [5.41, 5.74) is -4.17.